The van der Waals surface area contributed by atoms with Gasteiger partial charge in [-0.15, -0.1) is 0 Å². The maximum absolute atomic E-state index is 12.2. The number of amides is 1. The highest BCUT2D eigenvalue weighted by Crippen LogP contribution is 2.19. The van der Waals surface area contributed by atoms with Crippen molar-refractivity contribution in [3.63, 3.8) is 0 Å². The van der Waals surface area contributed by atoms with Crippen LogP contribution in [0.4, 0.5) is 8.78 Å². The Morgan fingerprint density at radius 1 is 1.18 bits per heavy atom. The molecular formula is C16H14ClF2NO2. The topological polar surface area (TPSA) is 38.3 Å². The van der Waals surface area contributed by atoms with Crippen LogP contribution in [0.3, 0.4) is 0 Å². The predicted octanol–water partition coefficient (Wildman–Crippen LogP) is 4.43. The molecule has 0 unspecified atom stereocenters. The second-order valence-corrected chi connectivity index (χ2v) is 5.09. The van der Waals surface area contributed by atoms with Gasteiger partial charge in [0.1, 0.15) is 5.75 Å². The summed E-state index contributed by atoms with van der Waals surface area (Å²) in [6, 6.07) is 12.5. The highest BCUT2D eigenvalue weighted by atomic mass is 35.5. The minimum atomic E-state index is -2.92. The minimum Gasteiger partial charge on any atom is -0.435 e. The molecule has 2 aromatic rings. The number of rotatable bonds is 5. The van der Waals surface area contributed by atoms with Crippen molar-refractivity contribution in [2.75, 3.05) is 0 Å². The van der Waals surface area contributed by atoms with E-state index in [1.54, 1.807) is 12.1 Å². The highest BCUT2D eigenvalue weighted by Gasteiger charge is 2.13. The molecule has 0 bridgehead atoms. The van der Waals surface area contributed by atoms with Crippen molar-refractivity contribution in [1.82, 2.24) is 5.32 Å². The summed E-state index contributed by atoms with van der Waals surface area (Å²) in [5.74, 6) is -0.427. The number of alkyl halides is 2. The summed E-state index contributed by atoms with van der Waals surface area (Å²) in [5.41, 5.74) is 1.14. The molecule has 2 rings (SSSR count). The lowest BCUT2D eigenvalue weighted by Crippen LogP contribution is -2.26. The molecule has 1 N–H and O–H groups in total. The van der Waals surface area contributed by atoms with E-state index in [0.29, 0.717) is 5.02 Å². The van der Waals surface area contributed by atoms with E-state index < -0.39 is 6.61 Å². The van der Waals surface area contributed by atoms with Gasteiger partial charge in [0.05, 0.1) is 6.04 Å². The van der Waals surface area contributed by atoms with Crippen LogP contribution in [-0.4, -0.2) is 12.5 Å². The summed E-state index contributed by atoms with van der Waals surface area (Å²) < 4.78 is 28.6. The first kappa shape index (κ1) is 16.2. The van der Waals surface area contributed by atoms with Crippen LogP contribution in [0.15, 0.2) is 48.5 Å². The van der Waals surface area contributed by atoms with Crippen molar-refractivity contribution in [3.8, 4) is 5.75 Å². The number of carbonyl (C=O) groups excluding carboxylic acids is 1. The van der Waals surface area contributed by atoms with Crippen LogP contribution < -0.4 is 10.1 Å². The van der Waals surface area contributed by atoms with Crippen molar-refractivity contribution in [1.29, 1.82) is 0 Å². The maximum Gasteiger partial charge on any atom is 0.387 e. The Hall–Kier alpha value is -2.14. The van der Waals surface area contributed by atoms with Gasteiger partial charge in [-0.25, -0.2) is 0 Å². The molecule has 0 saturated heterocycles. The standard InChI is InChI=1S/C16H14ClF2NO2/c1-10(11-5-7-13(17)8-6-11)20-15(21)12-3-2-4-14(9-12)22-16(18)19/h2-10,16H,1H3,(H,20,21)/t10-/m0/s1. The van der Waals surface area contributed by atoms with Gasteiger partial charge in [0.25, 0.3) is 5.91 Å². The molecule has 116 valence electrons. The SMILES string of the molecule is C[C@H](NC(=O)c1cccc(OC(F)F)c1)c1ccc(Cl)cc1. The number of hydrogen-bond donors (Lipinski definition) is 1. The van der Waals surface area contributed by atoms with Crippen LogP contribution in [0.5, 0.6) is 5.75 Å². The average molecular weight is 326 g/mol. The van der Waals surface area contributed by atoms with Crippen LogP contribution in [0.2, 0.25) is 5.02 Å². The van der Waals surface area contributed by atoms with Gasteiger partial charge in [-0.2, -0.15) is 8.78 Å². The second-order valence-electron chi connectivity index (χ2n) is 4.65. The third kappa shape index (κ3) is 4.43. The molecule has 0 saturated carbocycles. The number of benzene rings is 2. The molecule has 3 nitrogen and oxygen atoms in total. The summed E-state index contributed by atoms with van der Waals surface area (Å²) >= 11 is 5.81. The van der Waals surface area contributed by atoms with Crippen LogP contribution in [0.25, 0.3) is 0 Å². The summed E-state index contributed by atoms with van der Waals surface area (Å²) in [6.07, 6.45) is 0. The maximum atomic E-state index is 12.2. The zero-order valence-corrected chi connectivity index (χ0v) is 12.5. The second kappa shape index (κ2) is 7.22. The first-order chi connectivity index (χ1) is 10.5. The molecule has 0 radical (unpaired) electrons. The summed E-state index contributed by atoms with van der Waals surface area (Å²) in [7, 11) is 0. The fraction of sp³-hybridized carbons (Fsp3) is 0.188. The quantitative estimate of drug-likeness (QED) is 0.883. The van der Waals surface area contributed by atoms with E-state index in [0.717, 1.165) is 5.56 Å². The fourth-order valence-electron chi connectivity index (χ4n) is 1.93. The molecule has 0 heterocycles. The minimum absolute atomic E-state index is 0.0539. The molecule has 1 amide bonds. The van der Waals surface area contributed by atoms with Crippen LogP contribution in [-0.2, 0) is 0 Å². The van der Waals surface area contributed by atoms with E-state index in [2.05, 4.69) is 10.1 Å². The largest absolute Gasteiger partial charge is 0.435 e. The molecule has 0 fully saturated rings. The van der Waals surface area contributed by atoms with Crippen molar-refractivity contribution >= 4 is 17.5 Å². The summed E-state index contributed by atoms with van der Waals surface area (Å²) in [6.45, 7) is -1.10. The van der Waals surface area contributed by atoms with E-state index in [4.69, 9.17) is 11.6 Å². The molecule has 0 spiro atoms. The zero-order valence-electron chi connectivity index (χ0n) is 11.7. The van der Waals surface area contributed by atoms with E-state index in [1.165, 1.54) is 24.3 Å². The average Bonchev–Trinajstić information content (AvgIpc) is 2.47. The number of halogens is 3. The molecule has 0 aliphatic heterocycles. The highest BCUT2D eigenvalue weighted by molar-refractivity contribution is 6.30. The van der Waals surface area contributed by atoms with E-state index in [-0.39, 0.29) is 23.3 Å². The van der Waals surface area contributed by atoms with Gasteiger partial charge in [0, 0.05) is 10.6 Å². The van der Waals surface area contributed by atoms with Gasteiger partial charge in [-0.1, -0.05) is 29.8 Å². The molecule has 6 heteroatoms. The molecule has 22 heavy (non-hydrogen) atoms. The monoisotopic (exact) mass is 325 g/mol. The third-order valence-corrected chi connectivity index (χ3v) is 3.29. The Morgan fingerprint density at radius 3 is 2.50 bits per heavy atom. The number of hydrogen-bond acceptors (Lipinski definition) is 2. The smallest absolute Gasteiger partial charge is 0.387 e. The lowest BCUT2D eigenvalue weighted by molar-refractivity contribution is -0.0498. The number of ether oxygens (including phenoxy) is 1. The normalized spacial score (nSPS) is 12.0. The van der Waals surface area contributed by atoms with E-state index >= 15 is 0 Å². The Kier molecular flexibility index (Phi) is 5.33. The van der Waals surface area contributed by atoms with Gasteiger partial charge in [0.15, 0.2) is 0 Å². The van der Waals surface area contributed by atoms with Gasteiger partial charge < -0.3 is 10.1 Å². The predicted molar refractivity (Wildman–Crippen MR) is 80.4 cm³/mol. The Morgan fingerprint density at radius 2 is 1.86 bits per heavy atom. The van der Waals surface area contributed by atoms with Crippen molar-refractivity contribution in [3.05, 3.63) is 64.7 Å². The third-order valence-electron chi connectivity index (χ3n) is 3.04. The van der Waals surface area contributed by atoms with Crippen molar-refractivity contribution < 1.29 is 18.3 Å². The zero-order chi connectivity index (χ0) is 16.1. The lowest BCUT2D eigenvalue weighted by Gasteiger charge is -2.15. The molecular weight excluding hydrogens is 312 g/mol. The Balaban J connectivity index is 2.06. The summed E-state index contributed by atoms with van der Waals surface area (Å²) in [5, 5.41) is 3.40. The fourth-order valence-corrected chi connectivity index (χ4v) is 2.05. The number of carbonyl (C=O) groups is 1. The van der Waals surface area contributed by atoms with Crippen molar-refractivity contribution in [2.24, 2.45) is 0 Å². The molecule has 0 aliphatic rings. The Labute approximate surface area is 131 Å². The van der Waals surface area contributed by atoms with Crippen molar-refractivity contribution in [2.45, 2.75) is 19.6 Å². The van der Waals surface area contributed by atoms with Gasteiger partial charge in [-0.3, -0.25) is 4.79 Å². The lowest BCUT2D eigenvalue weighted by atomic mass is 10.1. The van der Waals surface area contributed by atoms with Crippen LogP contribution >= 0.6 is 11.6 Å². The molecule has 0 aromatic heterocycles. The van der Waals surface area contributed by atoms with E-state index in [9.17, 15) is 13.6 Å². The van der Waals surface area contributed by atoms with Crippen LogP contribution in [0, 0.1) is 0 Å². The Bertz CT molecular complexity index is 647. The van der Waals surface area contributed by atoms with Crippen LogP contribution in [0.1, 0.15) is 28.9 Å². The summed E-state index contributed by atoms with van der Waals surface area (Å²) in [4.78, 5) is 12.2. The van der Waals surface area contributed by atoms with Gasteiger partial charge >= 0.3 is 6.61 Å². The first-order valence-corrected chi connectivity index (χ1v) is 6.94. The van der Waals surface area contributed by atoms with E-state index in [1.807, 2.05) is 19.1 Å². The first-order valence-electron chi connectivity index (χ1n) is 6.57. The molecule has 0 aliphatic carbocycles. The van der Waals surface area contributed by atoms with Gasteiger partial charge in [-0.05, 0) is 42.8 Å². The number of nitrogens with one attached hydrogen (secondary N) is 1. The molecule has 1 atom stereocenters. The van der Waals surface area contributed by atoms with Gasteiger partial charge in [0.2, 0.25) is 0 Å². The molecule has 2 aromatic carbocycles.